The molecule has 1 aromatic carbocycles. The number of carbonyl (C=O) groups is 1. The SMILES string of the molecule is Cc1c(CNCCC(=O)N2CCCC2)cccc1[N+](=O)[O-]. The monoisotopic (exact) mass is 291 g/mol. The molecule has 0 spiro atoms. The Balaban J connectivity index is 1.79. The van der Waals surface area contributed by atoms with Gasteiger partial charge in [-0.2, -0.15) is 0 Å². The summed E-state index contributed by atoms with van der Waals surface area (Å²) in [6.07, 6.45) is 2.69. The smallest absolute Gasteiger partial charge is 0.272 e. The highest BCUT2D eigenvalue weighted by atomic mass is 16.6. The van der Waals surface area contributed by atoms with Gasteiger partial charge in [-0.25, -0.2) is 0 Å². The third-order valence-electron chi connectivity index (χ3n) is 3.90. The average Bonchev–Trinajstić information content (AvgIpc) is 2.98. The lowest BCUT2D eigenvalue weighted by atomic mass is 10.1. The van der Waals surface area contributed by atoms with Gasteiger partial charge in [-0.15, -0.1) is 0 Å². The van der Waals surface area contributed by atoms with Crippen LogP contribution in [0.1, 0.15) is 30.4 Å². The Morgan fingerprint density at radius 3 is 2.76 bits per heavy atom. The van der Waals surface area contributed by atoms with Crippen LogP contribution in [0.2, 0.25) is 0 Å². The Hall–Kier alpha value is -1.95. The molecule has 0 saturated carbocycles. The molecule has 1 amide bonds. The first kappa shape index (κ1) is 15.4. The molecule has 0 atom stereocenters. The van der Waals surface area contributed by atoms with Crippen LogP contribution in [0.25, 0.3) is 0 Å². The lowest BCUT2D eigenvalue weighted by molar-refractivity contribution is -0.385. The van der Waals surface area contributed by atoms with Crippen molar-refractivity contribution in [3.05, 3.63) is 39.4 Å². The molecule has 0 aromatic heterocycles. The molecule has 1 fully saturated rings. The minimum absolute atomic E-state index is 0.141. The summed E-state index contributed by atoms with van der Waals surface area (Å²) in [5.74, 6) is 0.191. The molecule has 1 N–H and O–H groups in total. The molecular weight excluding hydrogens is 270 g/mol. The van der Waals surface area contributed by atoms with Crippen molar-refractivity contribution in [2.75, 3.05) is 19.6 Å². The Bertz CT molecular complexity index is 525. The molecule has 1 heterocycles. The number of nitrogens with zero attached hydrogens (tertiary/aromatic N) is 2. The normalized spacial score (nSPS) is 14.4. The minimum Gasteiger partial charge on any atom is -0.343 e. The molecule has 0 bridgehead atoms. The number of nitro benzene ring substituents is 1. The van der Waals surface area contributed by atoms with Crippen LogP contribution in [0.3, 0.4) is 0 Å². The predicted octanol–water partition coefficient (Wildman–Crippen LogP) is 2.01. The van der Waals surface area contributed by atoms with Crippen molar-refractivity contribution in [2.24, 2.45) is 0 Å². The van der Waals surface area contributed by atoms with Gasteiger partial charge < -0.3 is 10.2 Å². The number of nitrogens with one attached hydrogen (secondary N) is 1. The van der Waals surface area contributed by atoms with Gasteiger partial charge in [-0.1, -0.05) is 12.1 Å². The second kappa shape index (κ2) is 7.17. The van der Waals surface area contributed by atoms with Crippen LogP contribution in [-0.2, 0) is 11.3 Å². The van der Waals surface area contributed by atoms with Crippen LogP contribution < -0.4 is 5.32 Å². The van der Waals surface area contributed by atoms with E-state index in [1.54, 1.807) is 13.0 Å². The molecule has 1 saturated heterocycles. The van der Waals surface area contributed by atoms with Crippen LogP contribution in [0.5, 0.6) is 0 Å². The molecular formula is C15H21N3O3. The lowest BCUT2D eigenvalue weighted by Crippen LogP contribution is -2.30. The Morgan fingerprint density at radius 2 is 2.10 bits per heavy atom. The number of rotatable bonds is 6. The summed E-state index contributed by atoms with van der Waals surface area (Å²) in [6, 6.07) is 5.07. The average molecular weight is 291 g/mol. The second-order valence-electron chi connectivity index (χ2n) is 5.33. The third-order valence-corrected chi connectivity index (χ3v) is 3.90. The number of amides is 1. The fraction of sp³-hybridized carbons (Fsp3) is 0.533. The zero-order valence-electron chi connectivity index (χ0n) is 12.3. The van der Waals surface area contributed by atoms with Gasteiger partial charge in [0.2, 0.25) is 5.91 Å². The molecule has 114 valence electrons. The van der Waals surface area contributed by atoms with Gasteiger partial charge in [0.15, 0.2) is 0 Å². The quantitative estimate of drug-likeness (QED) is 0.494. The third kappa shape index (κ3) is 4.01. The number of benzene rings is 1. The summed E-state index contributed by atoms with van der Waals surface area (Å²) in [5.41, 5.74) is 1.72. The van der Waals surface area contributed by atoms with Gasteiger partial charge in [-0.3, -0.25) is 14.9 Å². The van der Waals surface area contributed by atoms with E-state index in [9.17, 15) is 14.9 Å². The fourth-order valence-corrected chi connectivity index (χ4v) is 2.60. The van der Waals surface area contributed by atoms with Crippen LogP contribution in [0.4, 0.5) is 5.69 Å². The molecule has 0 aliphatic carbocycles. The van der Waals surface area contributed by atoms with E-state index in [-0.39, 0.29) is 16.5 Å². The summed E-state index contributed by atoms with van der Waals surface area (Å²) in [6.45, 7) is 4.65. The molecule has 0 radical (unpaired) electrons. The van der Waals surface area contributed by atoms with E-state index in [0.717, 1.165) is 31.5 Å². The summed E-state index contributed by atoms with van der Waals surface area (Å²) in [5, 5.41) is 14.1. The summed E-state index contributed by atoms with van der Waals surface area (Å²) in [4.78, 5) is 24.3. The van der Waals surface area contributed by atoms with Gasteiger partial charge in [0.1, 0.15) is 0 Å². The van der Waals surface area contributed by atoms with Crippen LogP contribution in [0.15, 0.2) is 18.2 Å². The van der Waals surface area contributed by atoms with Gasteiger partial charge in [-0.05, 0) is 25.3 Å². The van der Waals surface area contributed by atoms with Crippen molar-refractivity contribution < 1.29 is 9.72 Å². The first-order valence-corrected chi connectivity index (χ1v) is 7.31. The molecule has 2 rings (SSSR count). The molecule has 0 unspecified atom stereocenters. The van der Waals surface area contributed by atoms with E-state index in [0.29, 0.717) is 25.1 Å². The van der Waals surface area contributed by atoms with Gasteiger partial charge in [0.25, 0.3) is 5.69 Å². The first-order chi connectivity index (χ1) is 10.1. The highest BCUT2D eigenvalue weighted by molar-refractivity contribution is 5.76. The predicted molar refractivity (Wildman–Crippen MR) is 80.0 cm³/mol. The number of nitro groups is 1. The van der Waals surface area contributed by atoms with Gasteiger partial charge in [0.05, 0.1) is 4.92 Å². The maximum absolute atomic E-state index is 11.9. The fourth-order valence-electron chi connectivity index (χ4n) is 2.60. The summed E-state index contributed by atoms with van der Waals surface area (Å²) >= 11 is 0. The largest absolute Gasteiger partial charge is 0.343 e. The van der Waals surface area contributed by atoms with Crippen LogP contribution in [0, 0.1) is 17.0 Å². The van der Waals surface area contributed by atoms with E-state index in [4.69, 9.17) is 0 Å². The molecule has 6 nitrogen and oxygen atoms in total. The summed E-state index contributed by atoms with van der Waals surface area (Å²) < 4.78 is 0. The van der Waals surface area contributed by atoms with Crippen molar-refractivity contribution in [3.8, 4) is 0 Å². The number of carbonyl (C=O) groups excluding carboxylic acids is 1. The van der Waals surface area contributed by atoms with E-state index >= 15 is 0 Å². The van der Waals surface area contributed by atoms with Crippen molar-refractivity contribution in [3.63, 3.8) is 0 Å². The highest BCUT2D eigenvalue weighted by Gasteiger charge is 2.17. The van der Waals surface area contributed by atoms with E-state index in [2.05, 4.69) is 5.32 Å². The molecule has 21 heavy (non-hydrogen) atoms. The van der Waals surface area contributed by atoms with Crippen molar-refractivity contribution in [1.82, 2.24) is 10.2 Å². The van der Waals surface area contributed by atoms with Crippen molar-refractivity contribution in [2.45, 2.75) is 32.7 Å². The molecule has 1 aromatic rings. The Morgan fingerprint density at radius 1 is 1.38 bits per heavy atom. The number of hydrogen-bond donors (Lipinski definition) is 1. The van der Waals surface area contributed by atoms with E-state index in [1.165, 1.54) is 6.07 Å². The molecule has 1 aliphatic rings. The van der Waals surface area contributed by atoms with E-state index < -0.39 is 0 Å². The lowest BCUT2D eigenvalue weighted by Gasteiger charge is -2.15. The minimum atomic E-state index is -0.365. The Kier molecular flexibility index (Phi) is 5.27. The summed E-state index contributed by atoms with van der Waals surface area (Å²) in [7, 11) is 0. The zero-order chi connectivity index (χ0) is 15.2. The second-order valence-corrected chi connectivity index (χ2v) is 5.33. The maximum Gasteiger partial charge on any atom is 0.272 e. The maximum atomic E-state index is 11.9. The number of hydrogen-bond acceptors (Lipinski definition) is 4. The van der Waals surface area contributed by atoms with E-state index in [1.807, 2.05) is 11.0 Å². The molecule has 1 aliphatic heterocycles. The number of likely N-dealkylation sites (tertiary alicyclic amines) is 1. The standard InChI is InChI=1S/C15H21N3O3/c1-12-13(5-4-6-14(12)18(20)21)11-16-8-7-15(19)17-9-2-3-10-17/h4-6,16H,2-3,7-11H2,1H3. The molecule has 6 heteroatoms. The van der Waals surface area contributed by atoms with Crippen LogP contribution in [-0.4, -0.2) is 35.4 Å². The van der Waals surface area contributed by atoms with Gasteiger partial charge in [0, 0.05) is 44.2 Å². The topological polar surface area (TPSA) is 75.5 Å². The highest BCUT2D eigenvalue weighted by Crippen LogP contribution is 2.20. The van der Waals surface area contributed by atoms with Gasteiger partial charge >= 0.3 is 0 Å². The van der Waals surface area contributed by atoms with Crippen molar-refractivity contribution in [1.29, 1.82) is 0 Å². The zero-order valence-corrected chi connectivity index (χ0v) is 12.3. The van der Waals surface area contributed by atoms with Crippen LogP contribution >= 0.6 is 0 Å². The van der Waals surface area contributed by atoms with Crippen molar-refractivity contribution >= 4 is 11.6 Å². The first-order valence-electron chi connectivity index (χ1n) is 7.31. The Labute approximate surface area is 124 Å².